The Morgan fingerprint density at radius 2 is 1.85 bits per heavy atom. The molecule has 7 heteroatoms. The topological polar surface area (TPSA) is 99.7 Å². The van der Waals surface area contributed by atoms with Crippen molar-refractivity contribution in [2.45, 2.75) is 18.6 Å². The summed E-state index contributed by atoms with van der Waals surface area (Å²) in [6.45, 7) is 0.431. The van der Waals surface area contributed by atoms with E-state index in [1.165, 1.54) is 7.11 Å². The Hall–Kier alpha value is -2.12. The number of carbonyl (C=O) groups is 2. The summed E-state index contributed by atoms with van der Waals surface area (Å²) in [7, 11) is 1.28. The van der Waals surface area contributed by atoms with Gasteiger partial charge in [0.25, 0.3) is 0 Å². The van der Waals surface area contributed by atoms with Gasteiger partial charge < -0.3 is 20.5 Å². The molecule has 1 fully saturated rings. The second kappa shape index (κ2) is 6.36. The van der Waals surface area contributed by atoms with E-state index >= 15 is 0 Å². The van der Waals surface area contributed by atoms with Gasteiger partial charge in [0.15, 0.2) is 0 Å². The number of aliphatic hydroxyl groups is 1. The number of nitrogens with one attached hydrogen (secondary N) is 3. The number of rotatable bonds is 3. The second-order valence-electron chi connectivity index (χ2n) is 4.53. The summed E-state index contributed by atoms with van der Waals surface area (Å²) in [5.74, 6) is -0.185. The minimum atomic E-state index is -0.550. The molecule has 0 bridgehead atoms. The van der Waals surface area contributed by atoms with Crippen molar-refractivity contribution >= 4 is 23.4 Å². The standard InChI is InChI=1S/C13H17N3O4/c1-20-13(19)16-9-4-2-8(3-5-9)15-12(18)11-6-10(17)7-14-11/h2-5,10-11,14,17H,6-7H2,1H3,(H,15,18)(H,16,19). The number of hydrogen-bond acceptors (Lipinski definition) is 5. The second-order valence-corrected chi connectivity index (χ2v) is 4.53. The minimum absolute atomic E-state index is 0.185. The van der Waals surface area contributed by atoms with Gasteiger partial charge in [-0.15, -0.1) is 0 Å². The summed E-state index contributed by atoms with van der Waals surface area (Å²) < 4.78 is 4.47. The third-order valence-corrected chi connectivity index (χ3v) is 3.01. The molecule has 2 atom stereocenters. The zero-order valence-electron chi connectivity index (χ0n) is 11.1. The predicted molar refractivity (Wildman–Crippen MR) is 73.5 cm³/mol. The van der Waals surface area contributed by atoms with Crippen molar-refractivity contribution in [3.63, 3.8) is 0 Å². The quantitative estimate of drug-likeness (QED) is 0.646. The molecule has 1 aromatic carbocycles. The third kappa shape index (κ3) is 3.69. The Bertz CT molecular complexity index is 489. The number of benzene rings is 1. The van der Waals surface area contributed by atoms with Crippen molar-refractivity contribution in [1.29, 1.82) is 0 Å². The molecular weight excluding hydrogens is 262 g/mol. The molecule has 4 N–H and O–H groups in total. The van der Waals surface area contributed by atoms with Crippen molar-refractivity contribution in [1.82, 2.24) is 5.32 Å². The maximum atomic E-state index is 11.9. The fourth-order valence-electron chi connectivity index (χ4n) is 1.95. The summed E-state index contributed by atoms with van der Waals surface area (Å²) in [6.07, 6.45) is -0.614. The number of hydrogen-bond donors (Lipinski definition) is 4. The maximum Gasteiger partial charge on any atom is 0.411 e. The van der Waals surface area contributed by atoms with Crippen LogP contribution in [0.2, 0.25) is 0 Å². The number of aliphatic hydroxyl groups excluding tert-OH is 1. The van der Waals surface area contributed by atoms with Crippen molar-refractivity contribution < 1.29 is 19.4 Å². The fourth-order valence-corrected chi connectivity index (χ4v) is 1.95. The van der Waals surface area contributed by atoms with Gasteiger partial charge in [-0.25, -0.2) is 4.79 Å². The first kappa shape index (κ1) is 14.3. The average Bonchev–Trinajstić information content (AvgIpc) is 2.87. The predicted octanol–water partition coefficient (Wildman–Crippen LogP) is 0.526. The first-order chi connectivity index (χ1) is 9.58. The highest BCUT2D eigenvalue weighted by Gasteiger charge is 2.27. The van der Waals surface area contributed by atoms with Crippen molar-refractivity contribution in [2.75, 3.05) is 24.3 Å². The molecule has 1 aromatic rings. The molecule has 0 spiro atoms. The van der Waals surface area contributed by atoms with Gasteiger partial charge in [0, 0.05) is 17.9 Å². The molecule has 2 amide bonds. The average molecular weight is 279 g/mol. The van der Waals surface area contributed by atoms with E-state index in [9.17, 15) is 14.7 Å². The molecule has 1 aliphatic rings. The van der Waals surface area contributed by atoms with Gasteiger partial charge in [-0.3, -0.25) is 10.1 Å². The van der Waals surface area contributed by atoms with E-state index in [1.54, 1.807) is 24.3 Å². The summed E-state index contributed by atoms with van der Waals surface area (Å²) in [4.78, 5) is 22.9. The highest BCUT2D eigenvalue weighted by Crippen LogP contribution is 2.15. The highest BCUT2D eigenvalue weighted by molar-refractivity contribution is 5.95. The third-order valence-electron chi connectivity index (χ3n) is 3.01. The summed E-state index contributed by atoms with van der Waals surface area (Å²) in [5.41, 5.74) is 1.19. The molecule has 0 aromatic heterocycles. The number of ether oxygens (including phenoxy) is 1. The summed E-state index contributed by atoms with van der Waals surface area (Å²) in [5, 5.41) is 17.6. The Kier molecular flexibility index (Phi) is 4.54. The van der Waals surface area contributed by atoms with Gasteiger partial charge in [0.1, 0.15) is 0 Å². The fraction of sp³-hybridized carbons (Fsp3) is 0.385. The van der Waals surface area contributed by atoms with Crippen molar-refractivity contribution in [2.24, 2.45) is 0 Å². The molecule has 0 saturated carbocycles. The lowest BCUT2D eigenvalue weighted by atomic mass is 10.2. The van der Waals surface area contributed by atoms with E-state index in [2.05, 4.69) is 20.7 Å². The van der Waals surface area contributed by atoms with Gasteiger partial charge in [0.05, 0.1) is 19.3 Å². The van der Waals surface area contributed by atoms with E-state index in [-0.39, 0.29) is 11.9 Å². The zero-order valence-corrected chi connectivity index (χ0v) is 11.1. The largest absolute Gasteiger partial charge is 0.453 e. The van der Waals surface area contributed by atoms with E-state index in [1.807, 2.05) is 0 Å². The highest BCUT2D eigenvalue weighted by atomic mass is 16.5. The maximum absolute atomic E-state index is 11.9. The van der Waals surface area contributed by atoms with Crippen LogP contribution in [-0.4, -0.2) is 42.9 Å². The van der Waals surface area contributed by atoms with Gasteiger partial charge in [-0.1, -0.05) is 0 Å². The molecule has 1 saturated heterocycles. The first-order valence-corrected chi connectivity index (χ1v) is 6.26. The van der Waals surface area contributed by atoms with Crippen LogP contribution in [0, 0.1) is 0 Å². The molecule has 7 nitrogen and oxygen atoms in total. The van der Waals surface area contributed by atoms with Gasteiger partial charge in [0.2, 0.25) is 5.91 Å². The summed E-state index contributed by atoms with van der Waals surface area (Å²) in [6, 6.07) is 6.29. The molecule has 0 radical (unpaired) electrons. The van der Waals surface area contributed by atoms with Crippen LogP contribution >= 0.6 is 0 Å². The molecule has 2 rings (SSSR count). The van der Waals surface area contributed by atoms with E-state index in [0.29, 0.717) is 24.3 Å². The van der Waals surface area contributed by atoms with Crippen LogP contribution < -0.4 is 16.0 Å². The van der Waals surface area contributed by atoms with E-state index < -0.39 is 12.2 Å². The number of anilines is 2. The Balaban J connectivity index is 1.90. The number of β-amino-alcohol motifs (C(OH)–C–C–N with tert-alkyl or cyclic N) is 1. The molecule has 20 heavy (non-hydrogen) atoms. The van der Waals surface area contributed by atoms with Crippen LogP contribution in [0.5, 0.6) is 0 Å². The molecule has 0 aliphatic carbocycles. The smallest absolute Gasteiger partial charge is 0.411 e. The Morgan fingerprint density at radius 3 is 2.35 bits per heavy atom. The van der Waals surface area contributed by atoms with Crippen LogP contribution in [-0.2, 0) is 9.53 Å². The summed E-state index contributed by atoms with van der Waals surface area (Å²) >= 11 is 0. The zero-order chi connectivity index (χ0) is 14.5. The Labute approximate surface area is 116 Å². The Morgan fingerprint density at radius 1 is 1.25 bits per heavy atom. The lowest BCUT2D eigenvalue weighted by Gasteiger charge is -2.11. The number of amides is 2. The lowest BCUT2D eigenvalue weighted by molar-refractivity contribution is -0.117. The van der Waals surface area contributed by atoms with Gasteiger partial charge >= 0.3 is 6.09 Å². The monoisotopic (exact) mass is 279 g/mol. The molecular formula is C13H17N3O4. The van der Waals surface area contributed by atoms with E-state index in [0.717, 1.165) is 0 Å². The van der Waals surface area contributed by atoms with Crippen LogP contribution in [0.25, 0.3) is 0 Å². The first-order valence-electron chi connectivity index (χ1n) is 6.26. The minimum Gasteiger partial charge on any atom is -0.453 e. The number of methoxy groups -OCH3 is 1. The van der Waals surface area contributed by atoms with Crippen LogP contribution in [0.15, 0.2) is 24.3 Å². The molecule has 2 unspecified atom stereocenters. The van der Waals surface area contributed by atoms with E-state index in [4.69, 9.17) is 0 Å². The molecule has 108 valence electrons. The molecule has 1 heterocycles. The van der Waals surface area contributed by atoms with Crippen LogP contribution in [0.1, 0.15) is 6.42 Å². The van der Waals surface area contributed by atoms with Gasteiger partial charge in [-0.05, 0) is 30.7 Å². The number of carbonyl (C=O) groups excluding carboxylic acids is 2. The molecule has 1 aliphatic heterocycles. The van der Waals surface area contributed by atoms with Crippen LogP contribution in [0.4, 0.5) is 16.2 Å². The van der Waals surface area contributed by atoms with Crippen LogP contribution in [0.3, 0.4) is 0 Å². The van der Waals surface area contributed by atoms with Crippen molar-refractivity contribution in [3.05, 3.63) is 24.3 Å². The van der Waals surface area contributed by atoms with Gasteiger partial charge in [-0.2, -0.15) is 0 Å². The van der Waals surface area contributed by atoms with Crippen molar-refractivity contribution in [3.8, 4) is 0 Å². The lowest BCUT2D eigenvalue weighted by Crippen LogP contribution is -2.35. The normalized spacial score (nSPS) is 21.3. The SMILES string of the molecule is COC(=O)Nc1ccc(NC(=O)C2CC(O)CN2)cc1.